The number of likely N-dealkylation sites (N-methyl/N-ethyl adjacent to an activating group) is 1. The van der Waals surface area contributed by atoms with Crippen molar-refractivity contribution in [2.75, 3.05) is 54.1 Å². The summed E-state index contributed by atoms with van der Waals surface area (Å²) in [6, 6.07) is 15.7. The zero-order valence-electron chi connectivity index (χ0n) is 23.9. The van der Waals surface area contributed by atoms with Crippen LogP contribution >= 0.6 is 11.6 Å². The lowest BCUT2D eigenvalue weighted by Gasteiger charge is -2.34. The summed E-state index contributed by atoms with van der Waals surface area (Å²) in [4.78, 5) is 39.0. The van der Waals surface area contributed by atoms with Crippen LogP contribution in [-0.4, -0.2) is 59.9 Å². The predicted molar refractivity (Wildman–Crippen MR) is 165 cm³/mol. The zero-order valence-corrected chi connectivity index (χ0v) is 24.6. The van der Waals surface area contributed by atoms with Crippen molar-refractivity contribution in [1.82, 2.24) is 14.9 Å². The molecule has 3 aromatic carbocycles. The average molecular weight is 624 g/mol. The van der Waals surface area contributed by atoms with Gasteiger partial charge in [-0.2, -0.15) is 13.2 Å². The van der Waals surface area contributed by atoms with E-state index in [1.165, 1.54) is 30.6 Å². The van der Waals surface area contributed by atoms with Crippen LogP contribution in [0.4, 0.5) is 41.9 Å². The van der Waals surface area contributed by atoms with Crippen molar-refractivity contribution in [2.24, 2.45) is 0 Å². The third kappa shape index (κ3) is 7.26. The van der Waals surface area contributed by atoms with Crippen LogP contribution in [0, 0.1) is 6.92 Å². The summed E-state index contributed by atoms with van der Waals surface area (Å²) in [5.41, 5.74) is 1.91. The molecule has 5 rings (SSSR count). The van der Waals surface area contributed by atoms with Crippen molar-refractivity contribution in [1.29, 1.82) is 0 Å². The van der Waals surface area contributed by atoms with Crippen molar-refractivity contribution in [3.63, 3.8) is 0 Å². The van der Waals surface area contributed by atoms with Crippen LogP contribution in [0.3, 0.4) is 0 Å². The molecular formula is C31H29ClF3N7O2. The van der Waals surface area contributed by atoms with E-state index in [2.05, 4.69) is 54.9 Å². The number of halogens is 4. The lowest BCUT2D eigenvalue weighted by atomic mass is 10.1. The van der Waals surface area contributed by atoms with Gasteiger partial charge in [-0.05, 0) is 68.1 Å². The highest BCUT2D eigenvalue weighted by molar-refractivity contribution is 6.35. The smallest absolute Gasteiger partial charge is 0.369 e. The standard InChI is InChI=1S/C31H29ClF3N7O2/c1-19-6-7-21(38-28(43)24-4-3-5-26(27(24)32)31(33,34)35)16-25(19)29(44)39-22-17-36-30(37-18-22)40-20-8-10-23(11-9-20)42-14-12-41(2)13-15-42/h3-11,16-18H,12-15H2,1-2H3,(H,38,43)(H,39,44)(H,36,37,40). The zero-order chi connectivity index (χ0) is 31.4. The molecule has 1 aromatic heterocycles. The van der Waals surface area contributed by atoms with Crippen LogP contribution in [0.25, 0.3) is 0 Å². The average Bonchev–Trinajstić information content (AvgIpc) is 2.99. The Balaban J connectivity index is 1.21. The van der Waals surface area contributed by atoms with Gasteiger partial charge in [-0.1, -0.05) is 23.7 Å². The minimum atomic E-state index is -4.71. The highest BCUT2D eigenvalue weighted by atomic mass is 35.5. The van der Waals surface area contributed by atoms with E-state index < -0.39 is 28.6 Å². The van der Waals surface area contributed by atoms with Gasteiger partial charge in [0.2, 0.25) is 5.95 Å². The molecule has 2 heterocycles. The van der Waals surface area contributed by atoms with Gasteiger partial charge >= 0.3 is 6.18 Å². The van der Waals surface area contributed by atoms with Crippen LogP contribution in [0.15, 0.2) is 73.1 Å². The number of aryl methyl sites for hydroxylation is 1. The fourth-order valence-electron chi connectivity index (χ4n) is 4.67. The molecule has 1 aliphatic heterocycles. The summed E-state index contributed by atoms with van der Waals surface area (Å²) in [7, 11) is 2.12. The van der Waals surface area contributed by atoms with E-state index in [-0.39, 0.29) is 16.8 Å². The van der Waals surface area contributed by atoms with Crippen LogP contribution < -0.4 is 20.9 Å². The number of amides is 2. The van der Waals surface area contributed by atoms with Gasteiger partial charge in [-0.25, -0.2) is 9.97 Å². The molecule has 1 fully saturated rings. The van der Waals surface area contributed by atoms with Gasteiger partial charge in [0.05, 0.1) is 34.2 Å². The van der Waals surface area contributed by atoms with E-state index >= 15 is 0 Å². The summed E-state index contributed by atoms with van der Waals surface area (Å²) < 4.78 is 39.6. The fraction of sp³-hybridized carbons (Fsp3) is 0.226. The topological polar surface area (TPSA) is 102 Å². The Hall–Kier alpha value is -4.68. The van der Waals surface area contributed by atoms with Crippen molar-refractivity contribution in [3.05, 3.63) is 100 Å². The minimum Gasteiger partial charge on any atom is -0.369 e. The third-order valence-electron chi connectivity index (χ3n) is 7.19. The van der Waals surface area contributed by atoms with Crippen molar-refractivity contribution >= 4 is 52.1 Å². The third-order valence-corrected chi connectivity index (χ3v) is 7.60. The fourth-order valence-corrected chi connectivity index (χ4v) is 4.99. The molecular weight excluding hydrogens is 595 g/mol. The van der Waals surface area contributed by atoms with E-state index in [0.29, 0.717) is 17.2 Å². The number of anilines is 5. The first-order chi connectivity index (χ1) is 21.0. The van der Waals surface area contributed by atoms with Gasteiger partial charge in [0, 0.05) is 48.8 Å². The molecule has 1 saturated heterocycles. The molecule has 44 heavy (non-hydrogen) atoms. The number of carbonyl (C=O) groups is 2. The number of benzene rings is 3. The highest BCUT2D eigenvalue weighted by Gasteiger charge is 2.34. The summed E-state index contributed by atoms with van der Waals surface area (Å²) >= 11 is 5.88. The molecule has 4 aromatic rings. The van der Waals surface area contributed by atoms with Crippen molar-refractivity contribution in [2.45, 2.75) is 13.1 Å². The Morgan fingerprint density at radius 3 is 2.09 bits per heavy atom. The van der Waals surface area contributed by atoms with E-state index in [0.717, 1.165) is 49.7 Å². The van der Waals surface area contributed by atoms with Gasteiger partial charge in [-0.3, -0.25) is 9.59 Å². The first-order valence-corrected chi connectivity index (χ1v) is 14.1. The molecule has 3 N–H and O–H groups in total. The molecule has 0 unspecified atom stereocenters. The Morgan fingerprint density at radius 1 is 0.818 bits per heavy atom. The number of nitrogens with one attached hydrogen (secondary N) is 3. The largest absolute Gasteiger partial charge is 0.417 e. The Morgan fingerprint density at radius 2 is 1.43 bits per heavy atom. The normalized spacial score (nSPS) is 13.8. The van der Waals surface area contributed by atoms with Crippen LogP contribution in [0.2, 0.25) is 5.02 Å². The van der Waals surface area contributed by atoms with Crippen molar-refractivity contribution < 1.29 is 22.8 Å². The first kappa shape index (κ1) is 30.8. The molecule has 228 valence electrons. The van der Waals surface area contributed by atoms with Crippen LogP contribution in [-0.2, 0) is 6.18 Å². The van der Waals surface area contributed by atoms with Crippen LogP contribution in [0.5, 0.6) is 0 Å². The quantitative estimate of drug-likeness (QED) is 0.217. The number of hydrogen-bond donors (Lipinski definition) is 3. The van der Waals surface area contributed by atoms with Crippen LogP contribution in [0.1, 0.15) is 31.8 Å². The molecule has 0 aliphatic carbocycles. The van der Waals surface area contributed by atoms with E-state index in [9.17, 15) is 22.8 Å². The maximum absolute atomic E-state index is 13.2. The second-order valence-corrected chi connectivity index (χ2v) is 10.7. The second-order valence-electron chi connectivity index (χ2n) is 10.4. The van der Waals surface area contributed by atoms with E-state index in [1.807, 2.05) is 12.1 Å². The van der Waals surface area contributed by atoms with Gasteiger partial charge in [0.1, 0.15) is 0 Å². The Kier molecular flexibility index (Phi) is 9.02. The molecule has 0 spiro atoms. The lowest BCUT2D eigenvalue weighted by Crippen LogP contribution is -2.44. The predicted octanol–water partition coefficient (Wildman–Crippen LogP) is 6.46. The lowest BCUT2D eigenvalue weighted by molar-refractivity contribution is -0.137. The summed E-state index contributed by atoms with van der Waals surface area (Å²) in [5.74, 6) is -0.981. The summed E-state index contributed by atoms with van der Waals surface area (Å²) in [6.07, 6.45) is -1.79. The minimum absolute atomic E-state index is 0.202. The number of piperazine rings is 1. The van der Waals surface area contributed by atoms with Gasteiger partial charge < -0.3 is 25.8 Å². The summed E-state index contributed by atoms with van der Waals surface area (Å²) in [5, 5.41) is 7.67. The van der Waals surface area contributed by atoms with Gasteiger partial charge in [0.15, 0.2) is 0 Å². The monoisotopic (exact) mass is 623 g/mol. The maximum atomic E-state index is 13.2. The SMILES string of the molecule is Cc1ccc(NC(=O)c2cccc(C(F)(F)F)c2Cl)cc1C(=O)Nc1cnc(Nc2ccc(N3CCN(C)CC3)cc2)nc1. The summed E-state index contributed by atoms with van der Waals surface area (Å²) in [6.45, 7) is 5.72. The maximum Gasteiger partial charge on any atom is 0.417 e. The first-order valence-electron chi connectivity index (χ1n) is 13.7. The van der Waals surface area contributed by atoms with E-state index in [1.54, 1.807) is 13.0 Å². The number of nitrogens with zero attached hydrogens (tertiary/aromatic N) is 4. The molecule has 2 amide bonds. The molecule has 0 radical (unpaired) electrons. The highest BCUT2D eigenvalue weighted by Crippen LogP contribution is 2.36. The number of hydrogen-bond acceptors (Lipinski definition) is 7. The molecule has 0 saturated carbocycles. The van der Waals surface area contributed by atoms with Gasteiger partial charge in [-0.15, -0.1) is 0 Å². The number of rotatable bonds is 7. The van der Waals surface area contributed by atoms with E-state index in [4.69, 9.17) is 11.6 Å². The van der Waals surface area contributed by atoms with Gasteiger partial charge in [0.25, 0.3) is 11.8 Å². The molecule has 0 bridgehead atoms. The number of alkyl halides is 3. The number of carbonyl (C=O) groups excluding carboxylic acids is 2. The second kappa shape index (κ2) is 12.9. The molecule has 9 nitrogen and oxygen atoms in total. The molecule has 13 heteroatoms. The Labute approximate surface area is 257 Å². The molecule has 1 aliphatic rings. The van der Waals surface area contributed by atoms with Crippen molar-refractivity contribution in [3.8, 4) is 0 Å². The number of aromatic nitrogens is 2. The molecule has 0 atom stereocenters. The Bertz CT molecular complexity index is 1660.